The Kier molecular flexibility index (Phi) is 14.0. The van der Waals surface area contributed by atoms with E-state index in [1.807, 2.05) is 43.1 Å². The number of likely N-dealkylation sites (tertiary alicyclic amines) is 1. The Labute approximate surface area is 396 Å². The van der Waals surface area contributed by atoms with Crippen LogP contribution in [0.3, 0.4) is 0 Å². The fraction of sp³-hybridized carbons (Fsp3) is 0.468. The second kappa shape index (κ2) is 19.7. The molecule has 18 nitrogen and oxygen atoms in total. The number of benzene rings is 3. The van der Waals surface area contributed by atoms with E-state index < -0.39 is 28.9 Å². The molecule has 0 radical (unpaired) electrons. The number of fused-ring (bicyclic) bond motifs is 2. The molecular formula is C47H55F2N11O7S. The third-order valence-corrected chi connectivity index (χ3v) is 14.2. The third-order valence-electron chi connectivity index (χ3n) is 13.3. The van der Waals surface area contributed by atoms with Gasteiger partial charge in [-0.1, -0.05) is 20.8 Å². The summed E-state index contributed by atoms with van der Waals surface area (Å²) in [6, 6.07) is 11.5. The van der Waals surface area contributed by atoms with Gasteiger partial charge < -0.3 is 29.1 Å². The molecule has 360 valence electrons. The average Bonchev–Trinajstić information content (AvgIpc) is 3.89. The molecule has 4 fully saturated rings. The number of aryl methyl sites for hydroxylation is 1. The SMILES string of the molecule is CC.CCN(C)SNc1ccc(F)c(Oc2ccc3ncn(C4COC5(CCN(C(=O)CC6(O)CCN(c7cc8c(cc7F)c(N7CCC(=O)NC7=O)nn8C)CC6)CC5)C4)c(=O)c3c2)c1C#N. The molecule has 4 aliphatic heterocycles. The van der Waals surface area contributed by atoms with E-state index in [0.717, 1.165) is 6.54 Å². The van der Waals surface area contributed by atoms with Gasteiger partial charge in [-0.2, -0.15) is 10.4 Å². The molecule has 0 aliphatic carbocycles. The fourth-order valence-corrected chi connectivity index (χ4v) is 9.85. The molecule has 1 atom stereocenters. The van der Waals surface area contributed by atoms with Gasteiger partial charge in [0.2, 0.25) is 11.8 Å². The van der Waals surface area contributed by atoms with Crippen molar-refractivity contribution in [3.05, 3.63) is 76.3 Å². The zero-order valence-corrected chi connectivity index (χ0v) is 39.5. The van der Waals surface area contributed by atoms with E-state index in [2.05, 4.69) is 20.1 Å². The van der Waals surface area contributed by atoms with E-state index in [-0.39, 0.29) is 90.5 Å². The standard InChI is InChI=1S/C45H49F2N11O7S.C2H6/c1-4-53(2)66-52-35-8-6-32(46)40(31(35)24-48)65-28-5-7-34-29(19-28)42(61)58(26-49-34)27-22-45(64-25-27)12-17-56(18-13-45)39(60)23-44(63)10-15-55(16-11-44)37-21-36-30(20-33(37)47)41(51-54(36)3)57-14-9-38(59)50-43(57)62;1-2/h5-8,19-21,26-27,52,63H,4,9-18,22-23,25H2,1-3H3,(H,50,59,62);1-2H3. The number of imide groups is 1. The summed E-state index contributed by atoms with van der Waals surface area (Å²) in [5, 5.41) is 29.0. The summed E-state index contributed by atoms with van der Waals surface area (Å²) < 4.78 is 51.2. The van der Waals surface area contributed by atoms with Crippen LogP contribution < -0.4 is 30.1 Å². The summed E-state index contributed by atoms with van der Waals surface area (Å²) in [7, 11) is 3.57. The molecule has 3 N–H and O–H groups in total. The van der Waals surface area contributed by atoms with Crippen LogP contribution in [0.5, 0.6) is 11.5 Å². The maximum atomic E-state index is 15.7. The quantitative estimate of drug-likeness (QED) is 0.123. The van der Waals surface area contributed by atoms with Gasteiger partial charge >= 0.3 is 6.03 Å². The van der Waals surface area contributed by atoms with Crippen molar-refractivity contribution in [1.82, 2.24) is 33.9 Å². The van der Waals surface area contributed by atoms with Gasteiger partial charge in [0, 0.05) is 70.3 Å². The fourth-order valence-electron chi connectivity index (χ4n) is 9.30. The third kappa shape index (κ3) is 9.54. The number of aliphatic hydroxyl groups is 1. The van der Waals surface area contributed by atoms with Crippen molar-refractivity contribution in [2.24, 2.45) is 7.05 Å². The van der Waals surface area contributed by atoms with Crippen molar-refractivity contribution in [2.75, 3.05) is 67.4 Å². The lowest BCUT2D eigenvalue weighted by Crippen LogP contribution is -2.51. The van der Waals surface area contributed by atoms with Crippen LogP contribution in [0.4, 0.5) is 30.8 Å². The number of amides is 4. The molecule has 4 aliphatic rings. The lowest BCUT2D eigenvalue weighted by atomic mass is 9.85. The Morgan fingerprint density at radius 1 is 1.04 bits per heavy atom. The number of hydrogen-bond donors (Lipinski definition) is 3. The van der Waals surface area contributed by atoms with Gasteiger partial charge in [0.05, 0.1) is 64.4 Å². The Bertz CT molecular complexity index is 2850. The number of carbonyl (C=O) groups is 3. The maximum Gasteiger partial charge on any atom is 0.329 e. The largest absolute Gasteiger partial charge is 0.453 e. The van der Waals surface area contributed by atoms with E-state index in [1.165, 1.54) is 47.6 Å². The number of rotatable bonds is 11. The van der Waals surface area contributed by atoms with Crippen molar-refractivity contribution >= 4 is 69.0 Å². The first kappa shape index (κ1) is 48.1. The van der Waals surface area contributed by atoms with E-state index >= 15 is 8.78 Å². The number of hydrogen-bond acceptors (Lipinski definition) is 14. The number of carbonyl (C=O) groups excluding carboxylic acids is 3. The molecule has 3 aromatic carbocycles. The minimum atomic E-state index is -1.27. The molecule has 5 aromatic rings. The van der Waals surface area contributed by atoms with Crippen molar-refractivity contribution in [1.29, 1.82) is 5.26 Å². The number of halogens is 2. The molecule has 0 saturated carbocycles. The molecule has 21 heteroatoms. The van der Waals surface area contributed by atoms with Gasteiger partial charge in [0.25, 0.3) is 5.56 Å². The Hall–Kier alpha value is -6.34. The minimum Gasteiger partial charge on any atom is -0.453 e. The number of urea groups is 1. The molecule has 1 unspecified atom stereocenters. The zero-order valence-electron chi connectivity index (χ0n) is 38.7. The highest BCUT2D eigenvalue weighted by molar-refractivity contribution is 7.98. The van der Waals surface area contributed by atoms with E-state index in [0.29, 0.717) is 73.2 Å². The molecule has 4 amide bonds. The number of nitrogens with one attached hydrogen (secondary N) is 2. The molecular weight excluding hydrogens is 901 g/mol. The van der Waals surface area contributed by atoms with Crippen LogP contribution in [-0.4, -0.2) is 116 Å². The van der Waals surface area contributed by atoms with E-state index in [4.69, 9.17) is 9.47 Å². The first-order chi connectivity index (χ1) is 32.7. The Balaban J connectivity index is 0.00000308. The molecule has 4 saturated heterocycles. The number of anilines is 3. The van der Waals surface area contributed by atoms with Crippen molar-refractivity contribution in [3.8, 4) is 17.6 Å². The number of ether oxygens (including phenoxy) is 2. The van der Waals surface area contributed by atoms with Crippen LogP contribution in [0.1, 0.15) is 77.3 Å². The Morgan fingerprint density at radius 2 is 1.79 bits per heavy atom. The summed E-state index contributed by atoms with van der Waals surface area (Å²) in [6.45, 7) is 8.55. The molecule has 6 heterocycles. The highest BCUT2D eigenvalue weighted by Crippen LogP contribution is 2.42. The predicted octanol–water partition coefficient (Wildman–Crippen LogP) is 6.37. The zero-order chi connectivity index (χ0) is 48.5. The van der Waals surface area contributed by atoms with Crippen LogP contribution in [0.2, 0.25) is 0 Å². The predicted molar refractivity (Wildman–Crippen MR) is 253 cm³/mol. The number of piperidine rings is 2. The highest BCUT2D eigenvalue weighted by Gasteiger charge is 2.45. The first-order valence-corrected chi connectivity index (χ1v) is 23.7. The second-order valence-electron chi connectivity index (χ2n) is 17.4. The summed E-state index contributed by atoms with van der Waals surface area (Å²) in [5.41, 5.74) is -0.452. The van der Waals surface area contributed by atoms with Gasteiger partial charge in [-0.05, 0) is 81.6 Å². The van der Waals surface area contributed by atoms with Crippen LogP contribution in [0.25, 0.3) is 21.8 Å². The van der Waals surface area contributed by atoms with Gasteiger partial charge in [-0.15, -0.1) is 0 Å². The summed E-state index contributed by atoms with van der Waals surface area (Å²) >= 11 is 1.26. The number of nitrogens with zero attached hydrogens (tertiary/aromatic N) is 9. The number of aromatic nitrogens is 4. The van der Waals surface area contributed by atoms with Crippen molar-refractivity contribution in [3.63, 3.8) is 0 Å². The smallest absolute Gasteiger partial charge is 0.329 e. The lowest BCUT2D eigenvalue weighted by Gasteiger charge is -2.42. The maximum absolute atomic E-state index is 15.7. The molecule has 1 spiro atoms. The van der Waals surface area contributed by atoms with Crippen molar-refractivity contribution in [2.45, 2.75) is 83.0 Å². The van der Waals surface area contributed by atoms with E-state index in [1.54, 1.807) is 39.4 Å². The highest BCUT2D eigenvalue weighted by atomic mass is 32.2. The second-order valence-corrected chi connectivity index (χ2v) is 18.4. The summed E-state index contributed by atoms with van der Waals surface area (Å²) in [6.07, 6.45) is 3.64. The monoisotopic (exact) mass is 955 g/mol. The van der Waals surface area contributed by atoms with Crippen molar-refractivity contribution < 1.29 is 37.7 Å². The average molecular weight is 956 g/mol. The topological polar surface area (TPSA) is 203 Å². The van der Waals surface area contributed by atoms with Crippen LogP contribution in [0, 0.1) is 23.0 Å². The molecule has 2 aromatic heterocycles. The van der Waals surface area contributed by atoms with Gasteiger partial charge in [-0.3, -0.25) is 33.8 Å². The van der Waals surface area contributed by atoms with Crippen LogP contribution in [0.15, 0.2) is 53.6 Å². The molecule has 0 bridgehead atoms. The van der Waals surface area contributed by atoms with Gasteiger partial charge in [0.1, 0.15) is 23.2 Å². The van der Waals surface area contributed by atoms with Gasteiger partial charge in [0.15, 0.2) is 17.4 Å². The normalized spacial score (nSPS) is 19.0. The van der Waals surface area contributed by atoms with Crippen LogP contribution >= 0.6 is 12.1 Å². The summed E-state index contributed by atoms with van der Waals surface area (Å²) in [4.78, 5) is 61.3. The van der Waals surface area contributed by atoms with Gasteiger partial charge in [-0.25, -0.2) is 22.9 Å². The molecule has 68 heavy (non-hydrogen) atoms. The number of nitriles is 1. The first-order valence-electron chi connectivity index (χ1n) is 22.9. The van der Waals surface area contributed by atoms with Crippen LogP contribution in [-0.2, 0) is 21.4 Å². The summed E-state index contributed by atoms with van der Waals surface area (Å²) in [5.74, 6) is -1.64. The molecule has 9 rings (SSSR count). The lowest BCUT2D eigenvalue weighted by molar-refractivity contribution is -0.142. The van der Waals surface area contributed by atoms with E-state index in [9.17, 15) is 29.5 Å². The Morgan fingerprint density at radius 3 is 2.50 bits per heavy atom. The minimum absolute atomic E-state index is 0.0208.